The van der Waals surface area contributed by atoms with Crippen molar-refractivity contribution < 1.29 is 14.7 Å². The Hall–Kier alpha value is -0.380. The van der Waals surface area contributed by atoms with Crippen LogP contribution in [0.2, 0.25) is 0 Å². The van der Waals surface area contributed by atoms with Crippen LogP contribution in [0.1, 0.15) is 34.1 Å². The van der Waals surface area contributed by atoms with Crippen molar-refractivity contribution >= 4 is 0 Å². The van der Waals surface area contributed by atoms with E-state index in [0.717, 1.165) is 17.4 Å². The number of nitrogens with zero attached hydrogens (tertiary/aromatic N) is 1. The van der Waals surface area contributed by atoms with Crippen molar-refractivity contribution in [3.05, 3.63) is 12.2 Å². The minimum atomic E-state index is -0.861. The Morgan fingerprint density at radius 1 is 1.29 bits per heavy atom. The molecule has 1 saturated heterocycles. The number of hydrogen-bond acceptors (Lipinski definition) is 2. The van der Waals surface area contributed by atoms with E-state index in [-0.39, 0.29) is 5.92 Å². The summed E-state index contributed by atoms with van der Waals surface area (Å²) in [7, 11) is 4.42. The van der Waals surface area contributed by atoms with Crippen molar-refractivity contribution in [1.82, 2.24) is 0 Å². The van der Waals surface area contributed by atoms with Gasteiger partial charge in [0, 0.05) is 12.3 Å². The van der Waals surface area contributed by atoms with Crippen LogP contribution in [0.3, 0.4) is 0 Å². The van der Waals surface area contributed by atoms with E-state index in [1.165, 1.54) is 0 Å². The summed E-state index contributed by atoms with van der Waals surface area (Å²) >= 11 is 0. The van der Waals surface area contributed by atoms with Crippen molar-refractivity contribution in [3.63, 3.8) is 0 Å². The van der Waals surface area contributed by atoms with Gasteiger partial charge in [-0.25, -0.2) is 0 Å². The monoisotopic (exact) mass is 242 g/mol. The predicted octanol–water partition coefficient (Wildman–Crippen LogP) is 1.55. The third kappa shape index (κ3) is 3.54. The SMILES string of the molecule is CC1C[N+](C)(C)C(C)CC1(O)C=CC(C)(C)O. The van der Waals surface area contributed by atoms with Crippen LogP contribution in [-0.2, 0) is 0 Å². The summed E-state index contributed by atoms with van der Waals surface area (Å²) in [5.41, 5.74) is -1.65. The normalized spacial score (nSPS) is 38.6. The molecule has 1 rings (SSSR count). The first-order chi connectivity index (χ1) is 7.46. The first kappa shape index (κ1) is 14.7. The molecule has 3 nitrogen and oxygen atoms in total. The van der Waals surface area contributed by atoms with Crippen LogP contribution in [0.15, 0.2) is 12.2 Å². The summed E-state index contributed by atoms with van der Waals surface area (Å²) < 4.78 is 0.944. The Morgan fingerprint density at radius 3 is 2.29 bits per heavy atom. The molecule has 0 aromatic heterocycles. The number of quaternary nitrogens is 1. The van der Waals surface area contributed by atoms with Gasteiger partial charge < -0.3 is 14.7 Å². The quantitative estimate of drug-likeness (QED) is 0.570. The molecule has 3 unspecified atom stereocenters. The highest BCUT2D eigenvalue weighted by atomic mass is 16.3. The molecular formula is C14H28NO2+. The van der Waals surface area contributed by atoms with E-state index in [0.29, 0.717) is 6.04 Å². The van der Waals surface area contributed by atoms with Gasteiger partial charge in [-0.3, -0.25) is 0 Å². The average molecular weight is 242 g/mol. The second-order valence-electron chi connectivity index (χ2n) is 6.89. The van der Waals surface area contributed by atoms with Crippen LogP contribution >= 0.6 is 0 Å². The number of likely N-dealkylation sites (tertiary alicyclic amines) is 1. The highest BCUT2D eigenvalue weighted by molar-refractivity contribution is 5.10. The molecule has 0 aromatic rings. The first-order valence-corrected chi connectivity index (χ1v) is 6.44. The number of hydrogen-bond donors (Lipinski definition) is 2. The van der Waals surface area contributed by atoms with Crippen molar-refractivity contribution in [2.24, 2.45) is 5.92 Å². The maximum atomic E-state index is 10.7. The Labute approximate surface area is 105 Å². The van der Waals surface area contributed by atoms with Crippen LogP contribution in [0, 0.1) is 5.92 Å². The average Bonchev–Trinajstić information content (AvgIpc) is 2.11. The molecule has 100 valence electrons. The van der Waals surface area contributed by atoms with Gasteiger partial charge in [0.1, 0.15) is 0 Å². The lowest BCUT2D eigenvalue weighted by atomic mass is 9.77. The molecule has 0 bridgehead atoms. The van der Waals surface area contributed by atoms with Crippen LogP contribution in [0.25, 0.3) is 0 Å². The van der Waals surface area contributed by atoms with Crippen molar-refractivity contribution in [2.75, 3.05) is 20.6 Å². The highest BCUT2D eigenvalue weighted by Gasteiger charge is 2.45. The summed E-state index contributed by atoms with van der Waals surface area (Å²) in [6.07, 6.45) is 4.25. The highest BCUT2D eigenvalue weighted by Crippen LogP contribution is 2.35. The lowest BCUT2D eigenvalue weighted by Crippen LogP contribution is -2.61. The van der Waals surface area contributed by atoms with E-state index in [9.17, 15) is 10.2 Å². The van der Waals surface area contributed by atoms with Gasteiger partial charge in [0.15, 0.2) is 0 Å². The van der Waals surface area contributed by atoms with Gasteiger partial charge >= 0.3 is 0 Å². The molecule has 1 fully saturated rings. The van der Waals surface area contributed by atoms with Gasteiger partial charge in [-0.2, -0.15) is 0 Å². The summed E-state index contributed by atoms with van der Waals surface area (Å²) in [5.74, 6) is 0.201. The fourth-order valence-electron chi connectivity index (χ4n) is 2.55. The molecule has 0 spiro atoms. The van der Waals surface area contributed by atoms with Gasteiger partial charge in [0.2, 0.25) is 0 Å². The van der Waals surface area contributed by atoms with Crippen LogP contribution < -0.4 is 0 Å². The van der Waals surface area contributed by atoms with Gasteiger partial charge in [-0.05, 0) is 20.8 Å². The number of piperidine rings is 1. The molecule has 1 heterocycles. The first-order valence-electron chi connectivity index (χ1n) is 6.44. The Bertz CT molecular complexity index is 304. The zero-order valence-corrected chi connectivity index (χ0v) is 12.1. The molecule has 3 atom stereocenters. The molecule has 3 heteroatoms. The standard InChI is InChI=1S/C14H28NO2/c1-11-10-15(5,6)12(2)9-14(11,17)8-7-13(3,4)16/h7-8,11-12,16-17H,9-10H2,1-6H3/q+1. The largest absolute Gasteiger partial charge is 0.386 e. The molecular weight excluding hydrogens is 214 g/mol. The third-order valence-corrected chi connectivity index (χ3v) is 4.19. The molecule has 0 saturated carbocycles. The Balaban J connectivity index is 2.87. The molecule has 2 N–H and O–H groups in total. The zero-order chi connectivity index (χ0) is 13.5. The van der Waals surface area contributed by atoms with E-state index in [2.05, 4.69) is 27.9 Å². The van der Waals surface area contributed by atoms with Gasteiger partial charge in [-0.1, -0.05) is 19.1 Å². The maximum absolute atomic E-state index is 10.7. The lowest BCUT2D eigenvalue weighted by molar-refractivity contribution is -0.924. The summed E-state index contributed by atoms with van der Waals surface area (Å²) in [4.78, 5) is 0. The van der Waals surface area contributed by atoms with Crippen molar-refractivity contribution in [3.8, 4) is 0 Å². The van der Waals surface area contributed by atoms with E-state index in [1.54, 1.807) is 26.0 Å². The third-order valence-electron chi connectivity index (χ3n) is 4.19. The smallest absolute Gasteiger partial charge is 0.0963 e. The minimum Gasteiger partial charge on any atom is -0.386 e. The Kier molecular flexibility index (Phi) is 3.78. The van der Waals surface area contributed by atoms with Crippen LogP contribution in [-0.4, -0.2) is 52.6 Å². The van der Waals surface area contributed by atoms with Gasteiger partial charge in [-0.15, -0.1) is 0 Å². The maximum Gasteiger partial charge on any atom is 0.0963 e. The van der Waals surface area contributed by atoms with Gasteiger partial charge in [0.25, 0.3) is 0 Å². The van der Waals surface area contributed by atoms with Crippen molar-refractivity contribution in [2.45, 2.75) is 51.4 Å². The van der Waals surface area contributed by atoms with Gasteiger partial charge in [0.05, 0.1) is 37.9 Å². The molecule has 17 heavy (non-hydrogen) atoms. The van der Waals surface area contributed by atoms with E-state index >= 15 is 0 Å². The summed E-state index contributed by atoms with van der Waals surface area (Å²) in [5, 5.41) is 20.4. The summed E-state index contributed by atoms with van der Waals surface area (Å²) in [6.45, 7) is 8.66. The molecule has 0 amide bonds. The van der Waals surface area contributed by atoms with E-state index in [4.69, 9.17) is 0 Å². The fourth-order valence-corrected chi connectivity index (χ4v) is 2.55. The van der Waals surface area contributed by atoms with E-state index < -0.39 is 11.2 Å². The van der Waals surface area contributed by atoms with Crippen molar-refractivity contribution in [1.29, 1.82) is 0 Å². The summed E-state index contributed by atoms with van der Waals surface area (Å²) in [6, 6.07) is 0.419. The van der Waals surface area contributed by atoms with Crippen LogP contribution in [0.5, 0.6) is 0 Å². The lowest BCUT2D eigenvalue weighted by Gasteiger charge is -2.49. The number of aliphatic hydroxyl groups is 2. The Morgan fingerprint density at radius 2 is 1.82 bits per heavy atom. The molecule has 1 aliphatic heterocycles. The molecule has 0 radical (unpaired) electrons. The number of rotatable bonds is 2. The second kappa shape index (κ2) is 4.38. The minimum absolute atomic E-state index is 0.201. The predicted molar refractivity (Wildman–Crippen MR) is 70.6 cm³/mol. The zero-order valence-electron chi connectivity index (χ0n) is 12.1. The molecule has 1 aliphatic rings. The van der Waals surface area contributed by atoms with Crippen LogP contribution in [0.4, 0.5) is 0 Å². The molecule has 0 aromatic carbocycles. The fraction of sp³-hybridized carbons (Fsp3) is 0.857. The topological polar surface area (TPSA) is 40.5 Å². The second-order valence-corrected chi connectivity index (χ2v) is 6.89. The molecule has 0 aliphatic carbocycles. The van der Waals surface area contributed by atoms with E-state index in [1.807, 2.05) is 0 Å².